The second-order valence-corrected chi connectivity index (χ2v) is 4.79. The Morgan fingerprint density at radius 2 is 2.16 bits per heavy atom. The maximum absolute atomic E-state index is 4.52. The van der Waals surface area contributed by atoms with Crippen LogP contribution in [0.5, 0.6) is 0 Å². The van der Waals surface area contributed by atoms with Crippen LogP contribution in [0.1, 0.15) is 5.82 Å². The summed E-state index contributed by atoms with van der Waals surface area (Å²) in [6, 6.07) is 8.42. The van der Waals surface area contributed by atoms with Gasteiger partial charge in [0, 0.05) is 36.4 Å². The van der Waals surface area contributed by atoms with Crippen molar-refractivity contribution < 1.29 is 0 Å². The van der Waals surface area contributed by atoms with E-state index in [1.807, 2.05) is 24.7 Å². The lowest BCUT2D eigenvalue weighted by Gasteiger charge is -2.18. The number of nitrogens with one attached hydrogen (secondary N) is 1. The number of imidazole rings is 1. The average Bonchev–Trinajstić information content (AvgIpc) is 2.90. The summed E-state index contributed by atoms with van der Waals surface area (Å²) in [5, 5.41) is 5.75. The van der Waals surface area contributed by atoms with Crippen LogP contribution in [0, 0.1) is 0 Å². The lowest BCUT2D eigenvalue weighted by Crippen LogP contribution is -2.28. The first-order chi connectivity index (χ1) is 9.43. The summed E-state index contributed by atoms with van der Waals surface area (Å²) in [7, 11) is 0. The van der Waals surface area contributed by atoms with E-state index in [4.69, 9.17) is 0 Å². The third-order valence-electron chi connectivity index (χ3n) is 3.69. The monoisotopic (exact) mass is 250 g/mol. The molecule has 94 valence electrons. The molecule has 0 amide bonds. The van der Waals surface area contributed by atoms with E-state index < -0.39 is 0 Å². The Balaban J connectivity index is 1.98. The van der Waals surface area contributed by atoms with Crippen molar-refractivity contribution in [3.8, 4) is 11.3 Å². The lowest BCUT2D eigenvalue weighted by atomic mass is 10.0. The average molecular weight is 250 g/mol. The molecule has 19 heavy (non-hydrogen) atoms. The van der Waals surface area contributed by atoms with Crippen LogP contribution in [0.25, 0.3) is 22.0 Å². The first kappa shape index (κ1) is 10.7. The van der Waals surface area contributed by atoms with Crippen molar-refractivity contribution in [3.63, 3.8) is 0 Å². The molecular weight excluding hydrogens is 236 g/mol. The molecule has 1 N–H and O–H groups in total. The molecule has 1 aromatic carbocycles. The highest BCUT2D eigenvalue weighted by Gasteiger charge is 2.16. The van der Waals surface area contributed by atoms with E-state index in [2.05, 4.69) is 38.1 Å². The van der Waals surface area contributed by atoms with Crippen molar-refractivity contribution in [2.24, 2.45) is 0 Å². The topological polar surface area (TPSA) is 42.7 Å². The van der Waals surface area contributed by atoms with E-state index in [1.165, 1.54) is 22.0 Å². The van der Waals surface area contributed by atoms with Gasteiger partial charge < -0.3 is 9.88 Å². The predicted molar refractivity (Wildman–Crippen MR) is 74.7 cm³/mol. The highest BCUT2D eigenvalue weighted by atomic mass is 15.2. The summed E-state index contributed by atoms with van der Waals surface area (Å²) in [5.41, 5.74) is 2.40. The van der Waals surface area contributed by atoms with E-state index in [0.717, 1.165) is 25.5 Å². The molecule has 0 unspecified atom stereocenters. The Morgan fingerprint density at radius 3 is 3.16 bits per heavy atom. The van der Waals surface area contributed by atoms with E-state index in [-0.39, 0.29) is 0 Å². The van der Waals surface area contributed by atoms with E-state index in [9.17, 15) is 0 Å². The molecule has 1 aliphatic heterocycles. The van der Waals surface area contributed by atoms with Crippen molar-refractivity contribution >= 4 is 10.8 Å². The quantitative estimate of drug-likeness (QED) is 0.720. The lowest BCUT2D eigenvalue weighted by molar-refractivity contribution is 0.508. The minimum absolute atomic E-state index is 0.850. The largest absolute Gasteiger partial charge is 0.326 e. The van der Waals surface area contributed by atoms with Gasteiger partial charge in [0.1, 0.15) is 5.82 Å². The number of benzene rings is 1. The molecule has 0 aliphatic carbocycles. The Morgan fingerprint density at radius 1 is 1.16 bits per heavy atom. The number of rotatable bonds is 1. The van der Waals surface area contributed by atoms with Crippen molar-refractivity contribution in [2.45, 2.75) is 13.1 Å². The smallest absolute Gasteiger partial charge is 0.123 e. The Kier molecular flexibility index (Phi) is 2.35. The summed E-state index contributed by atoms with van der Waals surface area (Å²) < 4.78 is 2.30. The van der Waals surface area contributed by atoms with Gasteiger partial charge in [0.15, 0.2) is 0 Å². The fourth-order valence-electron chi connectivity index (χ4n) is 2.75. The molecule has 4 nitrogen and oxygen atoms in total. The summed E-state index contributed by atoms with van der Waals surface area (Å²) >= 11 is 0. The zero-order valence-corrected chi connectivity index (χ0v) is 10.5. The zero-order chi connectivity index (χ0) is 12.7. The van der Waals surface area contributed by atoms with Gasteiger partial charge in [-0.05, 0) is 11.5 Å². The standard InChI is InChI=1S/C15H14N4/c1-2-11-4-5-16-8-13(11)12(3-1)14-9-18-15-10-17-6-7-19(14)15/h1-5,8-9,17H,6-7,10H2. The van der Waals surface area contributed by atoms with Gasteiger partial charge in [-0.15, -0.1) is 0 Å². The van der Waals surface area contributed by atoms with Crippen LogP contribution in [0.3, 0.4) is 0 Å². The van der Waals surface area contributed by atoms with Gasteiger partial charge in [-0.2, -0.15) is 0 Å². The molecule has 0 atom stereocenters. The number of aromatic nitrogens is 3. The van der Waals surface area contributed by atoms with Gasteiger partial charge >= 0.3 is 0 Å². The molecule has 3 aromatic rings. The van der Waals surface area contributed by atoms with E-state index in [1.54, 1.807) is 0 Å². The number of hydrogen-bond donors (Lipinski definition) is 1. The molecule has 4 heteroatoms. The molecule has 0 bridgehead atoms. The van der Waals surface area contributed by atoms with Crippen molar-refractivity contribution in [1.29, 1.82) is 0 Å². The third-order valence-corrected chi connectivity index (χ3v) is 3.69. The van der Waals surface area contributed by atoms with Crippen LogP contribution in [0.2, 0.25) is 0 Å². The first-order valence-corrected chi connectivity index (χ1v) is 6.52. The molecule has 0 saturated carbocycles. The second-order valence-electron chi connectivity index (χ2n) is 4.79. The Hall–Kier alpha value is -2.20. The van der Waals surface area contributed by atoms with E-state index in [0.29, 0.717) is 0 Å². The van der Waals surface area contributed by atoms with Gasteiger partial charge in [-0.25, -0.2) is 4.98 Å². The second kappa shape index (κ2) is 4.17. The maximum atomic E-state index is 4.52. The normalized spacial score (nSPS) is 14.5. The Bertz CT molecular complexity index is 739. The molecule has 0 fully saturated rings. The zero-order valence-electron chi connectivity index (χ0n) is 10.5. The van der Waals surface area contributed by atoms with Gasteiger partial charge in [-0.1, -0.05) is 18.2 Å². The molecule has 1 aliphatic rings. The molecule has 3 heterocycles. The summed E-state index contributed by atoms with van der Waals surface area (Å²) in [6.07, 6.45) is 5.75. The van der Waals surface area contributed by atoms with Gasteiger partial charge in [-0.3, -0.25) is 4.98 Å². The van der Waals surface area contributed by atoms with Crippen LogP contribution in [-0.4, -0.2) is 21.1 Å². The van der Waals surface area contributed by atoms with E-state index >= 15 is 0 Å². The van der Waals surface area contributed by atoms with Crippen LogP contribution >= 0.6 is 0 Å². The minimum atomic E-state index is 0.850. The van der Waals surface area contributed by atoms with Crippen molar-refractivity contribution in [3.05, 3.63) is 48.7 Å². The molecule has 0 spiro atoms. The van der Waals surface area contributed by atoms with Crippen LogP contribution in [0.4, 0.5) is 0 Å². The molecule has 2 aromatic heterocycles. The van der Waals surface area contributed by atoms with Crippen molar-refractivity contribution in [2.75, 3.05) is 6.54 Å². The van der Waals surface area contributed by atoms with Crippen LogP contribution < -0.4 is 5.32 Å². The molecule has 0 saturated heterocycles. The van der Waals surface area contributed by atoms with Crippen molar-refractivity contribution in [1.82, 2.24) is 19.9 Å². The predicted octanol–water partition coefficient (Wildman–Crippen LogP) is 2.20. The van der Waals surface area contributed by atoms with Crippen LogP contribution in [0.15, 0.2) is 42.9 Å². The minimum Gasteiger partial charge on any atom is -0.326 e. The fourth-order valence-corrected chi connectivity index (χ4v) is 2.75. The number of fused-ring (bicyclic) bond motifs is 2. The third kappa shape index (κ3) is 1.64. The Labute approximate surface area is 111 Å². The fraction of sp³-hybridized carbons (Fsp3) is 0.200. The molecule has 4 rings (SSSR count). The van der Waals surface area contributed by atoms with Gasteiger partial charge in [0.2, 0.25) is 0 Å². The first-order valence-electron chi connectivity index (χ1n) is 6.52. The highest BCUT2D eigenvalue weighted by Crippen LogP contribution is 2.29. The van der Waals surface area contributed by atoms with Gasteiger partial charge in [0.05, 0.1) is 18.4 Å². The number of nitrogens with zero attached hydrogens (tertiary/aromatic N) is 3. The highest BCUT2D eigenvalue weighted by molar-refractivity contribution is 5.95. The SMILES string of the molecule is c1cc(-c2cnc3n2CCNC3)c2cnccc2c1. The molecular formula is C15H14N4. The molecule has 0 radical (unpaired) electrons. The maximum Gasteiger partial charge on any atom is 0.123 e. The summed E-state index contributed by atoms with van der Waals surface area (Å²) in [6.45, 7) is 2.82. The van der Waals surface area contributed by atoms with Crippen LogP contribution in [-0.2, 0) is 13.1 Å². The van der Waals surface area contributed by atoms with Gasteiger partial charge in [0.25, 0.3) is 0 Å². The number of pyridine rings is 1. The summed E-state index contributed by atoms with van der Waals surface area (Å²) in [5.74, 6) is 1.11. The number of hydrogen-bond acceptors (Lipinski definition) is 3. The summed E-state index contributed by atoms with van der Waals surface area (Å²) in [4.78, 5) is 8.77.